The number of ketones is 1. The van der Waals surface area contributed by atoms with E-state index >= 15 is 0 Å². The van der Waals surface area contributed by atoms with Gasteiger partial charge in [-0.2, -0.15) is 0 Å². The van der Waals surface area contributed by atoms with E-state index in [2.05, 4.69) is 20.9 Å². The topological polar surface area (TPSA) is 84.7 Å². The van der Waals surface area contributed by atoms with Crippen LogP contribution in [0.4, 0.5) is 0 Å². The van der Waals surface area contributed by atoms with Gasteiger partial charge in [0.05, 0.1) is 17.9 Å². The number of aliphatic hydroxyl groups excluding tert-OH is 1. The molecule has 0 saturated carbocycles. The first-order valence-electron chi connectivity index (χ1n) is 11.2. The highest BCUT2D eigenvalue weighted by Gasteiger charge is 2.45. The number of imidazole rings is 1. The lowest BCUT2D eigenvalue weighted by Gasteiger charge is -2.25. The van der Waals surface area contributed by atoms with Crippen molar-refractivity contribution in [3.05, 3.63) is 87.9 Å². The number of aromatic nitrogens is 2. The molecule has 0 aliphatic carbocycles. The molecular weight excluding hydrogens is 498 g/mol. The summed E-state index contributed by atoms with van der Waals surface area (Å²) in [5, 5.41) is 11.3. The number of rotatable bonds is 6. The van der Waals surface area contributed by atoms with Gasteiger partial charge in [-0.05, 0) is 54.8 Å². The van der Waals surface area contributed by atoms with Crippen LogP contribution >= 0.6 is 15.9 Å². The third-order valence-corrected chi connectivity index (χ3v) is 6.80. The molecule has 5 rings (SSSR count). The van der Waals surface area contributed by atoms with Crippen LogP contribution in [-0.4, -0.2) is 43.9 Å². The number of carbonyl (C=O) groups excluding carboxylic acids is 2. The molecule has 174 valence electrons. The molecule has 3 heterocycles. The third kappa shape index (κ3) is 4.14. The van der Waals surface area contributed by atoms with Crippen LogP contribution in [0.1, 0.15) is 36.1 Å². The minimum Gasteiger partial charge on any atom is -0.507 e. The van der Waals surface area contributed by atoms with Crippen molar-refractivity contribution in [1.82, 2.24) is 14.5 Å². The Kier molecular flexibility index (Phi) is 6.00. The van der Waals surface area contributed by atoms with E-state index < -0.39 is 17.7 Å². The van der Waals surface area contributed by atoms with Crippen LogP contribution in [0.25, 0.3) is 5.76 Å². The van der Waals surface area contributed by atoms with Gasteiger partial charge in [0.25, 0.3) is 11.7 Å². The molecule has 2 aliphatic heterocycles. The van der Waals surface area contributed by atoms with Crippen LogP contribution < -0.4 is 4.74 Å². The SMILES string of the molecule is C[C@H]1Cc2cc(C(O)=C3C(=O)C(=O)N(CCCn4ccnc4)[C@H]3c3ccc(Br)cc3)ccc2O1. The number of likely N-dealkylation sites (tertiary alicyclic amines) is 1. The van der Waals surface area contributed by atoms with Crippen molar-refractivity contribution in [2.45, 2.75) is 38.5 Å². The number of halogens is 1. The molecule has 34 heavy (non-hydrogen) atoms. The standard InChI is InChI=1S/C26H24BrN3O4/c1-16-13-19-14-18(5-8-21(19)34-16)24(31)22-23(17-3-6-20(27)7-4-17)30(26(33)25(22)32)11-2-10-29-12-9-28-15-29/h3-9,12,14-16,23,31H,2,10-11,13H2,1H3/t16-,23-/m0/s1. The maximum atomic E-state index is 13.2. The van der Waals surface area contributed by atoms with Crippen molar-refractivity contribution in [1.29, 1.82) is 0 Å². The number of fused-ring (bicyclic) bond motifs is 1. The van der Waals surface area contributed by atoms with E-state index in [-0.39, 0.29) is 17.4 Å². The second-order valence-electron chi connectivity index (χ2n) is 8.65. The van der Waals surface area contributed by atoms with Crippen LogP contribution in [0.2, 0.25) is 0 Å². The molecule has 0 bridgehead atoms. The Balaban J connectivity index is 1.52. The highest BCUT2D eigenvalue weighted by Crippen LogP contribution is 2.41. The molecule has 0 spiro atoms. The lowest BCUT2D eigenvalue weighted by molar-refractivity contribution is -0.139. The van der Waals surface area contributed by atoms with E-state index in [4.69, 9.17) is 4.74 Å². The average Bonchev–Trinajstić information content (AvgIpc) is 3.53. The van der Waals surface area contributed by atoms with Crippen molar-refractivity contribution in [2.24, 2.45) is 0 Å². The lowest BCUT2D eigenvalue weighted by Crippen LogP contribution is -2.31. The summed E-state index contributed by atoms with van der Waals surface area (Å²) in [6.07, 6.45) is 6.73. The molecule has 2 atom stereocenters. The van der Waals surface area contributed by atoms with Gasteiger partial charge in [-0.3, -0.25) is 9.59 Å². The summed E-state index contributed by atoms with van der Waals surface area (Å²) >= 11 is 3.44. The molecule has 8 heteroatoms. The van der Waals surface area contributed by atoms with Crippen LogP contribution in [0.5, 0.6) is 5.75 Å². The Labute approximate surface area is 205 Å². The number of benzene rings is 2. The Bertz CT molecular complexity index is 1270. The van der Waals surface area contributed by atoms with E-state index in [0.717, 1.165) is 27.8 Å². The molecule has 3 aromatic rings. The molecule has 1 saturated heterocycles. The highest BCUT2D eigenvalue weighted by molar-refractivity contribution is 9.10. The zero-order chi connectivity index (χ0) is 23.8. The van der Waals surface area contributed by atoms with Crippen LogP contribution in [0.15, 0.2) is 71.2 Å². The summed E-state index contributed by atoms with van der Waals surface area (Å²) in [4.78, 5) is 31.9. The minimum absolute atomic E-state index is 0.0660. The maximum absolute atomic E-state index is 13.2. The first kappa shape index (κ1) is 22.4. The Morgan fingerprint density at radius 2 is 1.97 bits per heavy atom. The first-order chi connectivity index (χ1) is 16.4. The lowest BCUT2D eigenvalue weighted by atomic mass is 9.94. The van der Waals surface area contributed by atoms with E-state index in [1.807, 2.05) is 54.1 Å². The van der Waals surface area contributed by atoms with Crippen molar-refractivity contribution in [3.8, 4) is 5.75 Å². The average molecular weight is 522 g/mol. The van der Waals surface area contributed by atoms with Crippen LogP contribution in [0, 0.1) is 0 Å². The summed E-state index contributed by atoms with van der Waals surface area (Å²) in [7, 11) is 0. The van der Waals surface area contributed by atoms with Gasteiger partial charge >= 0.3 is 0 Å². The third-order valence-electron chi connectivity index (χ3n) is 6.27. The van der Waals surface area contributed by atoms with Crippen LogP contribution in [0.3, 0.4) is 0 Å². The maximum Gasteiger partial charge on any atom is 0.295 e. The molecule has 1 N–H and O–H groups in total. The smallest absolute Gasteiger partial charge is 0.295 e. The van der Waals surface area contributed by atoms with E-state index in [1.54, 1.807) is 23.5 Å². The van der Waals surface area contributed by atoms with Gasteiger partial charge in [-0.15, -0.1) is 0 Å². The van der Waals surface area contributed by atoms with Gasteiger partial charge < -0.3 is 19.3 Å². The van der Waals surface area contributed by atoms with E-state index in [1.165, 1.54) is 0 Å². The van der Waals surface area contributed by atoms with Crippen molar-refractivity contribution in [2.75, 3.05) is 6.54 Å². The van der Waals surface area contributed by atoms with Crippen LogP contribution in [-0.2, 0) is 22.6 Å². The molecule has 2 aromatic carbocycles. The van der Waals surface area contributed by atoms with Crippen molar-refractivity contribution >= 4 is 33.4 Å². The van der Waals surface area contributed by atoms with E-state index in [0.29, 0.717) is 25.1 Å². The number of amides is 1. The minimum atomic E-state index is -0.668. The van der Waals surface area contributed by atoms with Crippen molar-refractivity contribution < 1.29 is 19.4 Å². The van der Waals surface area contributed by atoms with Gasteiger partial charge in [0, 0.05) is 41.9 Å². The summed E-state index contributed by atoms with van der Waals surface area (Å²) in [5.74, 6) is -0.643. The first-order valence-corrected chi connectivity index (χ1v) is 12.0. The van der Waals surface area contributed by atoms with Gasteiger partial charge in [-0.1, -0.05) is 28.1 Å². The zero-order valence-electron chi connectivity index (χ0n) is 18.6. The fraction of sp³-hybridized carbons (Fsp3) is 0.269. The molecule has 2 aliphatic rings. The number of carbonyl (C=O) groups is 2. The second kappa shape index (κ2) is 9.10. The molecule has 7 nitrogen and oxygen atoms in total. The van der Waals surface area contributed by atoms with Crippen molar-refractivity contribution in [3.63, 3.8) is 0 Å². The largest absolute Gasteiger partial charge is 0.507 e. The monoisotopic (exact) mass is 521 g/mol. The summed E-state index contributed by atoms with van der Waals surface area (Å²) < 4.78 is 8.58. The summed E-state index contributed by atoms with van der Waals surface area (Å²) in [6, 6.07) is 12.2. The van der Waals surface area contributed by atoms with Gasteiger partial charge in [0.2, 0.25) is 0 Å². The highest BCUT2D eigenvalue weighted by atomic mass is 79.9. The molecule has 0 unspecified atom stereocenters. The number of aliphatic hydroxyl groups is 1. The molecule has 1 aromatic heterocycles. The predicted octanol–water partition coefficient (Wildman–Crippen LogP) is 4.48. The molecule has 1 fully saturated rings. The Morgan fingerprint density at radius 3 is 2.71 bits per heavy atom. The number of nitrogens with zero attached hydrogens (tertiary/aromatic N) is 3. The van der Waals surface area contributed by atoms with Gasteiger partial charge in [0.15, 0.2) is 0 Å². The molecular formula is C26H24BrN3O4. The normalized spacial score (nSPS) is 21.1. The fourth-order valence-electron chi connectivity index (χ4n) is 4.67. The number of hydrogen-bond acceptors (Lipinski definition) is 5. The summed E-state index contributed by atoms with van der Waals surface area (Å²) in [6.45, 7) is 3.03. The number of ether oxygens (including phenoxy) is 1. The molecule has 0 radical (unpaired) electrons. The molecule has 1 amide bonds. The Morgan fingerprint density at radius 1 is 1.18 bits per heavy atom. The summed E-state index contributed by atoms with van der Waals surface area (Å²) in [5.41, 5.74) is 2.37. The number of aryl methyl sites for hydroxylation is 1. The number of Topliss-reactive ketones (excluding diaryl/α,β-unsaturated/α-hetero) is 1. The fourth-order valence-corrected chi connectivity index (χ4v) is 4.93. The zero-order valence-corrected chi connectivity index (χ0v) is 20.2. The van der Waals surface area contributed by atoms with E-state index in [9.17, 15) is 14.7 Å². The Hall–Kier alpha value is -3.39. The quantitative estimate of drug-likeness (QED) is 0.293. The predicted molar refractivity (Wildman–Crippen MR) is 130 cm³/mol. The second-order valence-corrected chi connectivity index (χ2v) is 9.57. The van der Waals surface area contributed by atoms with Gasteiger partial charge in [0.1, 0.15) is 17.6 Å². The van der Waals surface area contributed by atoms with Gasteiger partial charge in [-0.25, -0.2) is 4.98 Å². The number of hydrogen-bond donors (Lipinski definition) is 1.